The van der Waals surface area contributed by atoms with Crippen LogP contribution in [0, 0.1) is 0 Å². The summed E-state index contributed by atoms with van der Waals surface area (Å²) in [5, 5.41) is 16.7. The van der Waals surface area contributed by atoms with Crippen LogP contribution in [0.2, 0.25) is 0 Å². The first-order valence-electron chi connectivity index (χ1n) is 2.71. The van der Waals surface area contributed by atoms with E-state index in [1.54, 1.807) is 0 Å². The SMILES string of the molecule is CC(O)(CCO)C(F)(F)F. The van der Waals surface area contributed by atoms with Crippen LogP contribution in [0.3, 0.4) is 0 Å². The molecule has 1 unspecified atom stereocenters. The lowest BCUT2D eigenvalue weighted by molar-refractivity contribution is -0.256. The first-order valence-corrected chi connectivity index (χ1v) is 2.71. The summed E-state index contributed by atoms with van der Waals surface area (Å²) in [5.74, 6) is 0. The van der Waals surface area contributed by atoms with Gasteiger partial charge in [-0.05, 0) is 6.92 Å². The summed E-state index contributed by atoms with van der Waals surface area (Å²) in [5.41, 5.74) is -2.76. The fraction of sp³-hybridized carbons (Fsp3) is 1.00. The molecule has 0 saturated heterocycles. The molecule has 5 heteroatoms. The molecule has 0 rings (SSSR count). The number of aliphatic hydroxyl groups excluding tert-OH is 1. The summed E-state index contributed by atoms with van der Waals surface area (Å²) in [6.07, 6.45) is -5.34. The Hall–Kier alpha value is -0.290. The lowest BCUT2D eigenvalue weighted by Gasteiger charge is -2.24. The van der Waals surface area contributed by atoms with E-state index in [1.165, 1.54) is 0 Å². The van der Waals surface area contributed by atoms with Gasteiger partial charge in [0.2, 0.25) is 0 Å². The molecule has 0 spiro atoms. The second-order valence-electron chi connectivity index (χ2n) is 2.25. The van der Waals surface area contributed by atoms with Crippen molar-refractivity contribution in [3.05, 3.63) is 0 Å². The summed E-state index contributed by atoms with van der Waals surface area (Å²) in [6.45, 7) is -0.0459. The van der Waals surface area contributed by atoms with E-state index < -0.39 is 24.8 Å². The number of hydrogen-bond donors (Lipinski definition) is 2. The van der Waals surface area contributed by atoms with E-state index in [0.29, 0.717) is 6.92 Å². The Morgan fingerprint density at radius 1 is 1.30 bits per heavy atom. The quantitative estimate of drug-likeness (QED) is 0.620. The highest BCUT2D eigenvalue weighted by Gasteiger charge is 2.49. The van der Waals surface area contributed by atoms with Crippen LogP contribution in [0.5, 0.6) is 0 Å². The zero-order valence-electron chi connectivity index (χ0n) is 5.44. The van der Waals surface area contributed by atoms with E-state index in [1.807, 2.05) is 0 Å². The summed E-state index contributed by atoms with van der Waals surface area (Å²) >= 11 is 0. The van der Waals surface area contributed by atoms with Crippen LogP contribution >= 0.6 is 0 Å². The zero-order chi connectivity index (χ0) is 8.41. The Labute approximate surface area is 56.3 Å². The van der Waals surface area contributed by atoms with Crippen LogP contribution < -0.4 is 0 Å². The van der Waals surface area contributed by atoms with E-state index in [0.717, 1.165) is 0 Å². The molecule has 2 nitrogen and oxygen atoms in total. The van der Waals surface area contributed by atoms with Gasteiger partial charge in [0.15, 0.2) is 5.60 Å². The normalized spacial score (nSPS) is 18.6. The summed E-state index contributed by atoms with van der Waals surface area (Å²) in [4.78, 5) is 0. The van der Waals surface area contributed by atoms with Gasteiger partial charge in [-0.2, -0.15) is 13.2 Å². The van der Waals surface area contributed by atoms with E-state index >= 15 is 0 Å². The maximum Gasteiger partial charge on any atom is 0.416 e. The third-order valence-corrected chi connectivity index (χ3v) is 1.21. The van der Waals surface area contributed by atoms with Crippen LogP contribution in [0.1, 0.15) is 13.3 Å². The number of alkyl halides is 3. The predicted molar refractivity (Wildman–Crippen MR) is 28.4 cm³/mol. The third-order valence-electron chi connectivity index (χ3n) is 1.21. The van der Waals surface area contributed by atoms with Crippen LogP contribution in [-0.2, 0) is 0 Å². The largest absolute Gasteiger partial charge is 0.416 e. The van der Waals surface area contributed by atoms with Crippen molar-refractivity contribution in [1.82, 2.24) is 0 Å². The summed E-state index contributed by atoms with van der Waals surface area (Å²) in [7, 11) is 0. The number of aliphatic hydroxyl groups is 2. The average Bonchev–Trinajstić information content (AvgIpc) is 1.61. The van der Waals surface area contributed by atoms with E-state index in [2.05, 4.69) is 0 Å². The van der Waals surface area contributed by atoms with Crippen molar-refractivity contribution >= 4 is 0 Å². The molecule has 0 fully saturated rings. The van der Waals surface area contributed by atoms with Crippen molar-refractivity contribution < 1.29 is 23.4 Å². The lowest BCUT2D eigenvalue weighted by Crippen LogP contribution is -2.42. The molecule has 0 aliphatic rings. The van der Waals surface area contributed by atoms with E-state index in [9.17, 15) is 13.2 Å². The van der Waals surface area contributed by atoms with Crippen molar-refractivity contribution in [3.63, 3.8) is 0 Å². The van der Waals surface area contributed by atoms with Crippen molar-refractivity contribution in [1.29, 1.82) is 0 Å². The molecule has 0 aliphatic carbocycles. The summed E-state index contributed by atoms with van der Waals surface area (Å²) in [6, 6.07) is 0. The fourth-order valence-electron chi connectivity index (χ4n) is 0.359. The second-order valence-corrected chi connectivity index (χ2v) is 2.25. The standard InChI is InChI=1S/C5H9F3O2/c1-4(10,2-3-9)5(6,7)8/h9-10H,2-3H2,1H3. The number of hydrogen-bond acceptors (Lipinski definition) is 2. The minimum absolute atomic E-state index is 0.628. The highest BCUT2D eigenvalue weighted by Crippen LogP contribution is 2.31. The molecule has 0 aromatic heterocycles. The molecule has 0 saturated carbocycles. The molecule has 0 heterocycles. The molecular formula is C5H9F3O2. The minimum atomic E-state index is -4.66. The Morgan fingerprint density at radius 2 is 1.70 bits per heavy atom. The Bertz CT molecular complexity index is 108. The van der Waals surface area contributed by atoms with Gasteiger partial charge in [0, 0.05) is 13.0 Å². The topological polar surface area (TPSA) is 40.5 Å². The molecule has 0 radical (unpaired) electrons. The van der Waals surface area contributed by atoms with Gasteiger partial charge in [0.05, 0.1) is 0 Å². The van der Waals surface area contributed by atoms with Crippen molar-refractivity contribution in [2.75, 3.05) is 6.61 Å². The first kappa shape index (κ1) is 9.71. The molecule has 0 aromatic rings. The van der Waals surface area contributed by atoms with Crippen LogP contribution in [0.4, 0.5) is 13.2 Å². The highest BCUT2D eigenvalue weighted by atomic mass is 19.4. The molecule has 0 aromatic carbocycles. The van der Waals surface area contributed by atoms with Crippen molar-refractivity contribution in [2.45, 2.75) is 25.1 Å². The van der Waals surface area contributed by atoms with Crippen molar-refractivity contribution in [3.8, 4) is 0 Å². The average molecular weight is 158 g/mol. The molecule has 1 atom stereocenters. The van der Waals surface area contributed by atoms with Gasteiger partial charge < -0.3 is 10.2 Å². The molecule has 2 N–H and O–H groups in total. The van der Waals surface area contributed by atoms with Crippen LogP contribution in [-0.4, -0.2) is 28.6 Å². The Kier molecular flexibility index (Phi) is 2.67. The van der Waals surface area contributed by atoms with Gasteiger partial charge >= 0.3 is 6.18 Å². The lowest BCUT2D eigenvalue weighted by atomic mass is 10.0. The summed E-state index contributed by atoms with van der Waals surface area (Å²) < 4.78 is 35.0. The van der Waals surface area contributed by atoms with Crippen molar-refractivity contribution in [2.24, 2.45) is 0 Å². The molecular weight excluding hydrogens is 149 g/mol. The number of halogens is 3. The monoisotopic (exact) mass is 158 g/mol. The van der Waals surface area contributed by atoms with E-state index in [4.69, 9.17) is 10.2 Å². The molecule has 0 aliphatic heterocycles. The number of rotatable bonds is 2. The predicted octanol–water partition coefficient (Wildman–Crippen LogP) is 0.682. The van der Waals surface area contributed by atoms with Gasteiger partial charge in [0.1, 0.15) is 0 Å². The molecule has 62 valence electrons. The minimum Gasteiger partial charge on any atom is -0.396 e. The highest BCUT2D eigenvalue weighted by molar-refractivity contribution is 4.80. The molecule has 0 amide bonds. The maximum absolute atomic E-state index is 11.7. The smallest absolute Gasteiger partial charge is 0.396 e. The molecule has 0 bridgehead atoms. The van der Waals surface area contributed by atoms with Gasteiger partial charge in [-0.1, -0.05) is 0 Å². The first-order chi connectivity index (χ1) is 4.31. The second kappa shape index (κ2) is 2.75. The van der Waals surface area contributed by atoms with Gasteiger partial charge in [0.25, 0.3) is 0 Å². The third kappa shape index (κ3) is 2.15. The fourth-order valence-corrected chi connectivity index (χ4v) is 0.359. The maximum atomic E-state index is 11.7. The van der Waals surface area contributed by atoms with Gasteiger partial charge in [-0.15, -0.1) is 0 Å². The zero-order valence-corrected chi connectivity index (χ0v) is 5.44. The van der Waals surface area contributed by atoms with E-state index in [-0.39, 0.29) is 0 Å². The van der Waals surface area contributed by atoms with Gasteiger partial charge in [-0.25, -0.2) is 0 Å². The van der Waals surface area contributed by atoms with Crippen LogP contribution in [0.15, 0.2) is 0 Å². The Morgan fingerprint density at radius 3 is 1.80 bits per heavy atom. The van der Waals surface area contributed by atoms with Gasteiger partial charge in [-0.3, -0.25) is 0 Å². The van der Waals surface area contributed by atoms with Crippen LogP contribution in [0.25, 0.3) is 0 Å². The molecule has 10 heavy (non-hydrogen) atoms. The Balaban J connectivity index is 4.10.